The van der Waals surface area contributed by atoms with Gasteiger partial charge in [0, 0.05) is 11.5 Å². The summed E-state index contributed by atoms with van der Waals surface area (Å²) in [4.78, 5) is 12.0. The van der Waals surface area contributed by atoms with Crippen LogP contribution in [0.5, 0.6) is 11.5 Å². The molecule has 0 aromatic heterocycles. The Labute approximate surface area is 139 Å². The Morgan fingerprint density at radius 2 is 2.08 bits per heavy atom. The van der Waals surface area contributed by atoms with E-state index in [-0.39, 0.29) is 16.9 Å². The maximum absolute atomic E-state index is 12.0. The smallest absolute Gasteiger partial charge is 0.336 e. The van der Waals surface area contributed by atoms with Crippen LogP contribution < -0.4 is 0 Å². The number of rotatable bonds is 3. The van der Waals surface area contributed by atoms with Gasteiger partial charge in [-0.15, -0.1) is 0 Å². The summed E-state index contributed by atoms with van der Waals surface area (Å²) >= 11 is 0. The van der Waals surface area contributed by atoms with Crippen molar-refractivity contribution >= 4 is 12.0 Å². The third-order valence-corrected chi connectivity index (χ3v) is 4.65. The Balaban J connectivity index is 1.48. The second-order valence-corrected chi connectivity index (χ2v) is 6.22. The predicted molar refractivity (Wildman–Crippen MR) is 90.0 cm³/mol. The van der Waals surface area contributed by atoms with Crippen molar-refractivity contribution < 1.29 is 19.7 Å². The molecule has 0 heterocycles. The first-order valence-electron chi connectivity index (χ1n) is 7.79. The van der Waals surface area contributed by atoms with E-state index in [0.29, 0.717) is 11.3 Å². The molecule has 4 nitrogen and oxygen atoms in total. The molecule has 120 valence electrons. The third kappa shape index (κ3) is 2.36. The van der Waals surface area contributed by atoms with Gasteiger partial charge < -0.3 is 14.9 Å². The number of carbonyl (C=O) groups is 1. The molecule has 3 aliphatic carbocycles. The Bertz CT molecular complexity index is 883. The van der Waals surface area contributed by atoms with Crippen LogP contribution in [0, 0.1) is 5.41 Å². The van der Waals surface area contributed by atoms with Crippen molar-refractivity contribution in [1.82, 2.24) is 0 Å². The predicted octanol–water partition coefficient (Wildman–Crippen LogP) is 3.75. The van der Waals surface area contributed by atoms with Crippen molar-refractivity contribution in [2.75, 3.05) is 0 Å². The molecule has 0 saturated heterocycles. The highest BCUT2D eigenvalue weighted by Crippen LogP contribution is 2.52. The van der Waals surface area contributed by atoms with Gasteiger partial charge in [0.1, 0.15) is 5.76 Å². The Hall–Kier alpha value is -3.01. The number of allylic oxidation sites excluding steroid dienone is 7. The molecule has 4 rings (SSSR count). The van der Waals surface area contributed by atoms with Gasteiger partial charge in [0.05, 0.1) is 0 Å². The van der Waals surface area contributed by atoms with Crippen LogP contribution in [0.15, 0.2) is 71.6 Å². The lowest BCUT2D eigenvalue weighted by Crippen LogP contribution is -2.14. The number of fused-ring (bicyclic) bond motifs is 1. The average Bonchev–Trinajstić information content (AvgIpc) is 3.05. The third-order valence-electron chi connectivity index (χ3n) is 4.65. The first-order valence-corrected chi connectivity index (χ1v) is 7.79. The summed E-state index contributed by atoms with van der Waals surface area (Å²) in [7, 11) is 0. The molecule has 1 aromatic carbocycles. The Morgan fingerprint density at radius 1 is 1.21 bits per heavy atom. The van der Waals surface area contributed by atoms with E-state index in [1.807, 2.05) is 6.08 Å². The van der Waals surface area contributed by atoms with Gasteiger partial charge in [0.15, 0.2) is 11.5 Å². The fourth-order valence-corrected chi connectivity index (χ4v) is 3.40. The number of hydrogen-bond donors (Lipinski definition) is 2. The zero-order valence-electron chi connectivity index (χ0n) is 12.9. The molecule has 3 aliphatic rings. The molecule has 0 amide bonds. The lowest BCUT2D eigenvalue weighted by atomic mass is 9.81. The highest BCUT2D eigenvalue weighted by molar-refractivity contribution is 5.88. The number of phenols is 2. The monoisotopic (exact) mass is 320 g/mol. The summed E-state index contributed by atoms with van der Waals surface area (Å²) in [6.45, 7) is 0. The normalized spacial score (nSPS) is 23.8. The zero-order chi connectivity index (χ0) is 16.7. The average molecular weight is 320 g/mol. The van der Waals surface area contributed by atoms with E-state index < -0.39 is 5.97 Å². The molecule has 1 unspecified atom stereocenters. The van der Waals surface area contributed by atoms with Crippen LogP contribution in [0.2, 0.25) is 0 Å². The molecular formula is C20H16O4. The number of ether oxygens (including phenoxy) is 1. The topological polar surface area (TPSA) is 66.8 Å². The van der Waals surface area contributed by atoms with Crippen molar-refractivity contribution in [2.24, 2.45) is 5.41 Å². The highest BCUT2D eigenvalue weighted by Gasteiger charge is 2.40. The van der Waals surface area contributed by atoms with Crippen LogP contribution in [0.4, 0.5) is 0 Å². The SMILES string of the molecule is O=C(C=Cc1ccc(O)c(O)c1)OC1=C2C=C3CC=CC3(C=C1)C2. The lowest BCUT2D eigenvalue weighted by Gasteiger charge is -2.23. The van der Waals surface area contributed by atoms with Crippen molar-refractivity contribution in [2.45, 2.75) is 12.8 Å². The quantitative estimate of drug-likeness (QED) is 0.385. The van der Waals surface area contributed by atoms with Crippen LogP contribution >= 0.6 is 0 Å². The van der Waals surface area contributed by atoms with E-state index in [1.54, 1.807) is 6.07 Å². The second kappa shape index (κ2) is 5.27. The van der Waals surface area contributed by atoms with Crippen molar-refractivity contribution in [1.29, 1.82) is 0 Å². The van der Waals surface area contributed by atoms with E-state index in [0.717, 1.165) is 18.4 Å². The van der Waals surface area contributed by atoms with Gasteiger partial charge in [-0.25, -0.2) is 4.79 Å². The number of hydrogen-bond acceptors (Lipinski definition) is 4. The minimum absolute atomic E-state index is 0.0185. The summed E-state index contributed by atoms with van der Waals surface area (Å²) in [5.41, 5.74) is 3.03. The molecule has 1 atom stereocenters. The molecule has 0 aliphatic heterocycles. The van der Waals surface area contributed by atoms with Crippen LogP contribution in [0.1, 0.15) is 18.4 Å². The van der Waals surface area contributed by atoms with Crippen LogP contribution in [-0.4, -0.2) is 16.2 Å². The van der Waals surface area contributed by atoms with Gasteiger partial charge in [0.25, 0.3) is 0 Å². The van der Waals surface area contributed by atoms with E-state index in [1.165, 1.54) is 29.9 Å². The summed E-state index contributed by atoms with van der Waals surface area (Å²) in [5.74, 6) is -0.305. The minimum atomic E-state index is -0.475. The first kappa shape index (κ1) is 14.6. The summed E-state index contributed by atoms with van der Waals surface area (Å²) in [5, 5.41) is 18.7. The Morgan fingerprint density at radius 3 is 2.92 bits per heavy atom. The Kier molecular flexibility index (Phi) is 3.20. The van der Waals surface area contributed by atoms with Gasteiger partial charge in [-0.3, -0.25) is 0 Å². The van der Waals surface area contributed by atoms with Gasteiger partial charge in [0.2, 0.25) is 0 Å². The van der Waals surface area contributed by atoms with Crippen LogP contribution in [-0.2, 0) is 9.53 Å². The van der Waals surface area contributed by atoms with Gasteiger partial charge >= 0.3 is 5.97 Å². The van der Waals surface area contributed by atoms with Gasteiger partial charge in [-0.2, -0.15) is 0 Å². The second-order valence-electron chi connectivity index (χ2n) is 6.22. The van der Waals surface area contributed by atoms with Crippen molar-refractivity contribution in [3.05, 3.63) is 77.1 Å². The van der Waals surface area contributed by atoms with E-state index in [2.05, 4.69) is 24.3 Å². The maximum Gasteiger partial charge on any atom is 0.336 e. The number of esters is 1. The van der Waals surface area contributed by atoms with E-state index in [4.69, 9.17) is 4.74 Å². The van der Waals surface area contributed by atoms with Crippen molar-refractivity contribution in [3.63, 3.8) is 0 Å². The standard InChI is InChI=1S/C20H16O4/c21-16-5-3-13(10-17(16)22)4-6-19(23)24-18-7-9-20-8-1-2-15(20)11-14(18)12-20/h1,3-11,21-22H,2,12H2. The molecule has 0 radical (unpaired) electrons. The minimum Gasteiger partial charge on any atom is -0.504 e. The molecule has 1 aromatic rings. The molecular weight excluding hydrogens is 304 g/mol. The van der Waals surface area contributed by atoms with Gasteiger partial charge in [-0.1, -0.05) is 35.9 Å². The maximum atomic E-state index is 12.0. The molecule has 1 spiro atoms. The number of aromatic hydroxyl groups is 2. The summed E-state index contributed by atoms with van der Waals surface area (Å²) < 4.78 is 5.45. The largest absolute Gasteiger partial charge is 0.504 e. The number of phenolic OH excluding ortho intramolecular Hbond substituents is 2. The zero-order valence-corrected chi connectivity index (χ0v) is 12.9. The lowest BCUT2D eigenvalue weighted by molar-refractivity contribution is -0.133. The van der Waals surface area contributed by atoms with Gasteiger partial charge in [-0.05, 0) is 48.3 Å². The molecule has 0 saturated carbocycles. The molecule has 4 heteroatoms. The van der Waals surface area contributed by atoms with Crippen LogP contribution in [0.25, 0.3) is 6.08 Å². The fraction of sp³-hybridized carbons (Fsp3) is 0.150. The first-order chi connectivity index (χ1) is 11.6. The molecule has 0 fully saturated rings. The number of benzene rings is 1. The van der Waals surface area contributed by atoms with E-state index in [9.17, 15) is 15.0 Å². The van der Waals surface area contributed by atoms with Crippen LogP contribution in [0.3, 0.4) is 0 Å². The number of carbonyl (C=O) groups excluding carboxylic acids is 1. The molecule has 2 N–H and O–H groups in total. The fourth-order valence-electron chi connectivity index (χ4n) is 3.40. The summed E-state index contributed by atoms with van der Waals surface area (Å²) in [6, 6.07) is 4.34. The summed E-state index contributed by atoms with van der Waals surface area (Å²) in [6.07, 6.45) is 15.2. The molecule has 24 heavy (non-hydrogen) atoms. The van der Waals surface area contributed by atoms with E-state index >= 15 is 0 Å². The van der Waals surface area contributed by atoms with Crippen molar-refractivity contribution in [3.8, 4) is 11.5 Å². The molecule has 2 bridgehead atoms. The highest BCUT2D eigenvalue weighted by atomic mass is 16.5.